The first-order valence-corrected chi connectivity index (χ1v) is 21.3. The fourth-order valence-electron chi connectivity index (χ4n) is 8.50. The Labute approximate surface area is 390 Å². The predicted molar refractivity (Wildman–Crippen MR) is 232 cm³/mol. The maximum Gasteiger partial charge on any atom is 0.416 e. The number of carbonyl (C=O) groups is 5. The lowest BCUT2D eigenvalue weighted by atomic mass is 9.92. The van der Waals surface area contributed by atoms with Crippen LogP contribution >= 0.6 is 0 Å². The highest BCUT2D eigenvalue weighted by Gasteiger charge is 2.45. The number of quaternary nitrogens is 1. The van der Waals surface area contributed by atoms with Crippen molar-refractivity contribution in [2.75, 3.05) is 56.6 Å². The molecule has 0 saturated heterocycles. The van der Waals surface area contributed by atoms with E-state index in [1.165, 1.54) is 53.4 Å². The first-order chi connectivity index (χ1) is 32.6. The zero-order valence-electron chi connectivity index (χ0n) is 36.7. The van der Waals surface area contributed by atoms with Gasteiger partial charge in [0.15, 0.2) is 0 Å². The standard InChI is InChI=1S/C48H41F6N9O6/c1-63(2,22-6-20-60-27-36-37(43(60)65)39(30-15-11-28(25-55)12-16-30)58-45(68)61(36)34-9-3-7-32(23-34)47(49,50)51)21-5-19-57-42(64)38-40(31-17-13-29(26-56)14-18-31)59-46(69)62(41(38)44(66)67)35-10-4-8-33(24-35)48(52,53)54/h3-4,7-18,23-24,39-40H,5-6,19-22,27H2,1-2H3,(H3-,57,58,59,64,66,67,68,69)/t39-,40-/m1/s1. The summed E-state index contributed by atoms with van der Waals surface area (Å²) in [6, 6.07) is 18.9. The minimum Gasteiger partial charge on any atom is -0.543 e. The summed E-state index contributed by atoms with van der Waals surface area (Å²) >= 11 is 0. The molecule has 15 nitrogen and oxygen atoms in total. The van der Waals surface area contributed by atoms with E-state index >= 15 is 0 Å². The van der Waals surface area contributed by atoms with Crippen LogP contribution in [0.25, 0.3) is 0 Å². The van der Waals surface area contributed by atoms with E-state index in [0.29, 0.717) is 52.5 Å². The Morgan fingerprint density at radius 1 is 0.739 bits per heavy atom. The lowest BCUT2D eigenvalue weighted by Crippen LogP contribution is -2.54. The van der Waals surface area contributed by atoms with Gasteiger partial charge < -0.3 is 35.2 Å². The predicted octanol–water partition coefficient (Wildman–Crippen LogP) is 5.78. The molecule has 21 heteroatoms. The van der Waals surface area contributed by atoms with Gasteiger partial charge in [0.05, 0.1) is 120 Å². The molecule has 0 saturated carbocycles. The molecule has 4 aromatic rings. The van der Waals surface area contributed by atoms with Gasteiger partial charge in [0, 0.05) is 25.9 Å². The van der Waals surface area contributed by atoms with Gasteiger partial charge in [0.1, 0.15) is 0 Å². The Balaban J connectivity index is 1.05. The second-order valence-corrected chi connectivity index (χ2v) is 17.0. The van der Waals surface area contributed by atoms with Gasteiger partial charge in [-0.05, 0) is 71.8 Å². The number of urea groups is 2. The summed E-state index contributed by atoms with van der Waals surface area (Å²) in [6.45, 7) is 0.938. The number of benzene rings is 4. The van der Waals surface area contributed by atoms with Crippen LogP contribution in [0.3, 0.4) is 0 Å². The van der Waals surface area contributed by atoms with Crippen molar-refractivity contribution < 1.29 is 59.9 Å². The van der Waals surface area contributed by atoms with Gasteiger partial charge in [-0.15, -0.1) is 0 Å². The van der Waals surface area contributed by atoms with E-state index in [2.05, 4.69) is 16.0 Å². The average Bonchev–Trinajstić information content (AvgIpc) is 3.63. The Bertz CT molecular complexity index is 2870. The number of nitriles is 2. The smallest absolute Gasteiger partial charge is 0.416 e. The van der Waals surface area contributed by atoms with Gasteiger partial charge in [-0.2, -0.15) is 36.9 Å². The first-order valence-electron chi connectivity index (χ1n) is 21.3. The third-order valence-electron chi connectivity index (χ3n) is 11.9. The van der Waals surface area contributed by atoms with E-state index in [4.69, 9.17) is 0 Å². The number of alkyl halides is 6. The number of rotatable bonds is 14. The third-order valence-corrected chi connectivity index (χ3v) is 11.9. The minimum atomic E-state index is -4.86. The number of hydrogen-bond acceptors (Lipinski definition) is 8. The monoisotopic (exact) mass is 953 g/mol. The molecule has 0 radical (unpaired) electrons. The van der Waals surface area contributed by atoms with E-state index in [-0.39, 0.29) is 47.7 Å². The van der Waals surface area contributed by atoms with E-state index in [9.17, 15) is 65.9 Å². The Kier molecular flexibility index (Phi) is 13.6. The first kappa shape index (κ1) is 48.8. The van der Waals surface area contributed by atoms with E-state index in [1.807, 2.05) is 26.2 Å². The fourth-order valence-corrected chi connectivity index (χ4v) is 8.50. The second-order valence-electron chi connectivity index (χ2n) is 17.0. The molecule has 4 aromatic carbocycles. The van der Waals surface area contributed by atoms with Crippen LogP contribution in [0.15, 0.2) is 120 Å². The molecule has 356 valence electrons. The average molecular weight is 954 g/mol. The van der Waals surface area contributed by atoms with Gasteiger partial charge in [-0.1, -0.05) is 36.4 Å². The summed E-state index contributed by atoms with van der Waals surface area (Å²) in [5.74, 6) is -3.44. The van der Waals surface area contributed by atoms with Crippen molar-refractivity contribution in [3.05, 3.63) is 153 Å². The molecule has 3 heterocycles. The number of nitrogens with one attached hydrogen (secondary N) is 3. The summed E-state index contributed by atoms with van der Waals surface area (Å²) in [7, 11) is 3.77. The van der Waals surface area contributed by atoms with Crippen molar-refractivity contribution in [3.63, 3.8) is 0 Å². The van der Waals surface area contributed by atoms with Gasteiger partial charge in [0.2, 0.25) is 0 Å². The molecule has 3 N–H and O–H groups in total. The Morgan fingerprint density at radius 2 is 1.23 bits per heavy atom. The van der Waals surface area contributed by atoms with Crippen LogP contribution in [0.2, 0.25) is 0 Å². The van der Waals surface area contributed by atoms with Crippen molar-refractivity contribution in [2.45, 2.75) is 37.3 Å². The molecular weight excluding hydrogens is 913 g/mol. The lowest BCUT2D eigenvalue weighted by Gasteiger charge is -2.37. The number of aliphatic carboxylic acids is 1. The number of amides is 6. The summed E-state index contributed by atoms with van der Waals surface area (Å²) in [5.41, 5.74) is -2.70. The van der Waals surface area contributed by atoms with E-state index in [1.54, 1.807) is 12.1 Å². The normalized spacial score (nSPS) is 17.5. The zero-order chi connectivity index (χ0) is 50.0. The number of carboxylic acid groups (broad SMARTS) is 1. The largest absolute Gasteiger partial charge is 0.543 e. The molecule has 3 aliphatic rings. The molecule has 3 aliphatic heterocycles. The number of carbonyl (C=O) groups excluding carboxylic acids is 5. The number of halogens is 6. The van der Waals surface area contributed by atoms with Crippen LogP contribution in [-0.4, -0.2) is 86.0 Å². The molecule has 0 bridgehead atoms. The highest BCUT2D eigenvalue weighted by molar-refractivity contribution is 6.13. The van der Waals surface area contributed by atoms with Crippen molar-refractivity contribution in [2.24, 2.45) is 0 Å². The van der Waals surface area contributed by atoms with Crippen molar-refractivity contribution in [1.82, 2.24) is 20.9 Å². The quantitative estimate of drug-likeness (QED) is 0.0802. The number of anilines is 2. The van der Waals surface area contributed by atoms with Crippen LogP contribution in [0.5, 0.6) is 0 Å². The van der Waals surface area contributed by atoms with Crippen molar-refractivity contribution in [1.29, 1.82) is 10.5 Å². The fraction of sp³-hybridized carbons (Fsp3) is 0.271. The number of nitrogens with zero attached hydrogens (tertiary/aromatic N) is 6. The van der Waals surface area contributed by atoms with E-state index < -0.39 is 82.4 Å². The summed E-state index contributed by atoms with van der Waals surface area (Å²) in [6.07, 6.45) is -8.84. The molecule has 0 fully saturated rings. The zero-order valence-corrected chi connectivity index (χ0v) is 36.7. The Hall–Kier alpha value is -8.17. The van der Waals surface area contributed by atoms with Crippen molar-refractivity contribution >= 4 is 41.2 Å². The SMILES string of the molecule is C[N+](C)(CCCNC(=O)C1=C(C(=O)[O-])N(c2cccc(C(F)(F)F)c2)C(=O)N[C@@H]1c1ccc(C#N)cc1)CCCN1CC2=C(C1=O)[C@@H](c1ccc(C#N)cc1)NC(=O)N2c1cccc(C(F)(F)F)c1. The molecule has 0 aromatic heterocycles. The highest BCUT2D eigenvalue weighted by Crippen LogP contribution is 2.41. The van der Waals surface area contributed by atoms with E-state index in [0.717, 1.165) is 35.2 Å². The summed E-state index contributed by atoms with van der Waals surface area (Å²) in [5, 5.41) is 39.4. The molecule has 0 aliphatic carbocycles. The second kappa shape index (κ2) is 19.2. The number of hydrogen-bond donors (Lipinski definition) is 3. The van der Waals surface area contributed by atoms with Crippen LogP contribution < -0.4 is 30.9 Å². The minimum absolute atomic E-state index is 0.0354. The van der Waals surface area contributed by atoms with Crippen LogP contribution in [0.1, 0.15) is 58.3 Å². The van der Waals surface area contributed by atoms with Gasteiger partial charge >= 0.3 is 24.4 Å². The molecular formula is C48H41F6N9O6. The highest BCUT2D eigenvalue weighted by atomic mass is 19.4. The third kappa shape index (κ3) is 10.4. The summed E-state index contributed by atoms with van der Waals surface area (Å²) < 4.78 is 82.7. The molecule has 0 unspecified atom stereocenters. The van der Waals surface area contributed by atoms with Crippen LogP contribution in [0, 0.1) is 22.7 Å². The molecule has 2 atom stereocenters. The summed E-state index contributed by atoms with van der Waals surface area (Å²) in [4.78, 5) is 71.3. The Morgan fingerprint density at radius 3 is 1.75 bits per heavy atom. The number of carboxylic acids is 1. The van der Waals surface area contributed by atoms with Gasteiger partial charge in [0.25, 0.3) is 11.8 Å². The maximum atomic E-state index is 14.2. The molecule has 7 rings (SSSR count). The van der Waals surface area contributed by atoms with Gasteiger partial charge in [-0.3, -0.25) is 19.4 Å². The molecule has 69 heavy (non-hydrogen) atoms. The molecule has 0 spiro atoms. The topological polar surface area (TPSA) is 202 Å². The van der Waals surface area contributed by atoms with Crippen molar-refractivity contribution in [3.8, 4) is 12.1 Å². The van der Waals surface area contributed by atoms with Crippen LogP contribution in [0.4, 0.5) is 47.3 Å². The molecule has 6 amide bonds. The maximum absolute atomic E-state index is 14.2. The lowest BCUT2D eigenvalue weighted by molar-refractivity contribution is -0.890. The van der Waals surface area contributed by atoms with Gasteiger partial charge in [-0.25, -0.2) is 9.59 Å². The van der Waals surface area contributed by atoms with Crippen LogP contribution in [-0.2, 0) is 26.7 Å².